The molecule has 0 aliphatic heterocycles. The van der Waals surface area contributed by atoms with Crippen molar-refractivity contribution in [3.05, 3.63) is 0 Å². The molecule has 0 bridgehead atoms. The van der Waals surface area contributed by atoms with E-state index in [1.165, 1.54) is 154 Å². The van der Waals surface area contributed by atoms with Crippen LogP contribution >= 0.6 is 15.6 Å². The number of carbonyl (C=O) groups excluding carboxylic acids is 4. The van der Waals surface area contributed by atoms with Gasteiger partial charge in [-0.25, -0.2) is 9.13 Å². The van der Waals surface area contributed by atoms with Crippen LogP contribution in [0.2, 0.25) is 0 Å². The topological polar surface area (TPSA) is 237 Å². The van der Waals surface area contributed by atoms with Gasteiger partial charge in [-0.3, -0.25) is 37.3 Å². The van der Waals surface area contributed by atoms with Crippen LogP contribution in [-0.4, -0.2) is 96.7 Å². The van der Waals surface area contributed by atoms with E-state index in [1.807, 2.05) is 0 Å². The molecule has 0 radical (unpaired) electrons. The number of carbonyl (C=O) groups is 4. The lowest BCUT2D eigenvalue weighted by molar-refractivity contribution is -0.161. The standard InChI is InChI=1S/C70H136O17P2/c1-8-11-12-34-44-51-67(72)80-57-65(86-70(75)54-47-40-33-27-21-22-28-35-41-48-61(4)5)59-84-88(76,77)82-55-64(71)56-83-89(78,79)85-60-66(58-81-68(73)52-45-38-31-25-20-19-24-30-37-43-50-63(7)10-3)87-69(74)53-46-39-32-26-18-16-14-13-15-17-23-29-36-42-49-62(6)9-2/h61-66,71H,8-60H2,1-7H3,(H,76,77)(H,78,79)/t62?,63?,64-,65+,66+/m0/s1. The first-order valence-corrected chi connectivity index (χ1v) is 39.4. The van der Waals surface area contributed by atoms with Crippen molar-refractivity contribution in [1.29, 1.82) is 0 Å². The maximum Gasteiger partial charge on any atom is 0.472 e. The summed E-state index contributed by atoms with van der Waals surface area (Å²) in [5, 5.41) is 10.6. The molecule has 7 atom stereocenters. The molecule has 0 aliphatic carbocycles. The lowest BCUT2D eigenvalue weighted by Crippen LogP contribution is -2.30. The highest BCUT2D eigenvalue weighted by molar-refractivity contribution is 7.47. The maximum atomic E-state index is 13.0. The number of hydrogen-bond acceptors (Lipinski definition) is 15. The number of unbranched alkanes of at least 4 members (excludes halogenated alkanes) is 34. The largest absolute Gasteiger partial charge is 0.472 e. The molecule has 0 aromatic rings. The smallest absolute Gasteiger partial charge is 0.462 e. The van der Waals surface area contributed by atoms with Gasteiger partial charge in [-0.2, -0.15) is 0 Å². The Labute approximate surface area is 543 Å². The van der Waals surface area contributed by atoms with Gasteiger partial charge in [0.05, 0.1) is 26.4 Å². The van der Waals surface area contributed by atoms with Gasteiger partial charge < -0.3 is 33.8 Å². The molecular formula is C70H136O17P2. The molecule has 0 amide bonds. The first-order chi connectivity index (χ1) is 42.8. The van der Waals surface area contributed by atoms with Crippen molar-refractivity contribution >= 4 is 39.5 Å². The summed E-state index contributed by atoms with van der Waals surface area (Å²) < 4.78 is 68.1. The molecule has 19 heteroatoms. The lowest BCUT2D eigenvalue weighted by Gasteiger charge is -2.21. The average molecular weight is 1310 g/mol. The summed E-state index contributed by atoms with van der Waals surface area (Å²) in [7, 11) is -9.89. The Hall–Kier alpha value is -1.94. The van der Waals surface area contributed by atoms with Crippen molar-refractivity contribution in [1.82, 2.24) is 0 Å². The number of phosphoric acid groups is 2. The highest BCUT2D eigenvalue weighted by Gasteiger charge is 2.30. The molecule has 0 saturated heterocycles. The molecule has 0 fully saturated rings. The molecule has 4 unspecified atom stereocenters. The van der Waals surface area contributed by atoms with Crippen LogP contribution in [0.15, 0.2) is 0 Å². The van der Waals surface area contributed by atoms with Crippen LogP contribution in [-0.2, 0) is 65.4 Å². The molecule has 17 nitrogen and oxygen atoms in total. The Morgan fingerprint density at radius 3 is 0.854 bits per heavy atom. The van der Waals surface area contributed by atoms with Gasteiger partial charge in [0.25, 0.3) is 0 Å². The van der Waals surface area contributed by atoms with E-state index in [1.54, 1.807) is 0 Å². The molecule has 0 aliphatic rings. The molecule has 0 spiro atoms. The van der Waals surface area contributed by atoms with Gasteiger partial charge in [0.1, 0.15) is 19.3 Å². The van der Waals surface area contributed by atoms with Crippen molar-refractivity contribution in [2.75, 3.05) is 39.6 Å². The van der Waals surface area contributed by atoms with Crippen molar-refractivity contribution in [3.8, 4) is 0 Å². The predicted molar refractivity (Wildman–Crippen MR) is 358 cm³/mol. The van der Waals surface area contributed by atoms with Gasteiger partial charge in [-0.15, -0.1) is 0 Å². The normalized spacial score (nSPS) is 14.8. The van der Waals surface area contributed by atoms with E-state index in [-0.39, 0.29) is 25.7 Å². The first kappa shape index (κ1) is 87.1. The fraction of sp³-hybridized carbons (Fsp3) is 0.943. The minimum atomic E-state index is -4.95. The van der Waals surface area contributed by atoms with E-state index >= 15 is 0 Å². The monoisotopic (exact) mass is 1310 g/mol. The summed E-state index contributed by atoms with van der Waals surface area (Å²) in [4.78, 5) is 72.3. The molecule has 3 N–H and O–H groups in total. The lowest BCUT2D eigenvalue weighted by atomic mass is 9.99. The minimum Gasteiger partial charge on any atom is -0.462 e. The van der Waals surface area contributed by atoms with Crippen LogP contribution < -0.4 is 0 Å². The second-order valence-corrected chi connectivity index (χ2v) is 29.1. The second kappa shape index (κ2) is 61.0. The highest BCUT2D eigenvalue weighted by atomic mass is 31.2. The fourth-order valence-electron chi connectivity index (χ4n) is 10.5. The highest BCUT2D eigenvalue weighted by Crippen LogP contribution is 2.45. The van der Waals surface area contributed by atoms with E-state index in [4.69, 9.17) is 37.0 Å². The summed E-state index contributed by atoms with van der Waals surface area (Å²) in [6.07, 6.45) is 44.7. The third-order valence-corrected chi connectivity index (χ3v) is 18.8. The van der Waals surface area contributed by atoms with Gasteiger partial charge in [-0.05, 0) is 43.4 Å². The number of rotatable bonds is 68. The number of esters is 4. The van der Waals surface area contributed by atoms with Crippen LogP contribution in [0, 0.1) is 17.8 Å². The summed E-state index contributed by atoms with van der Waals surface area (Å²) in [6.45, 7) is 11.8. The van der Waals surface area contributed by atoms with Gasteiger partial charge in [0.2, 0.25) is 0 Å². The molecule has 0 aromatic heterocycles. The quantitative estimate of drug-likeness (QED) is 0.0222. The zero-order valence-electron chi connectivity index (χ0n) is 57.9. The van der Waals surface area contributed by atoms with E-state index in [9.17, 15) is 43.2 Å². The van der Waals surface area contributed by atoms with Gasteiger partial charge in [0.15, 0.2) is 12.2 Å². The number of ether oxygens (including phenoxy) is 4. The van der Waals surface area contributed by atoms with Crippen LogP contribution in [0.25, 0.3) is 0 Å². The molecule has 0 saturated carbocycles. The molecule has 0 aromatic carbocycles. The van der Waals surface area contributed by atoms with E-state index in [0.29, 0.717) is 25.7 Å². The number of hydrogen-bond donors (Lipinski definition) is 3. The molecular weight excluding hydrogens is 1170 g/mol. The predicted octanol–water partition coefficient (Wildman–Crippen LogP) is 19.8. The molecule has 0 rings (SSSR count). The van der Waals surface area contributed by atoms with Gasteiger partial charge in [-0.1, -0.05) is 299 Å². The van der Waals surface area contributed by atoms with E-state index < -0.39 is 97.5 Å². The first-order valence-electron chi connectivity index (χ1n) is 36.4. The third-order valence-electron chi connectivity index (χ3n) is 16.9. The van der Waals surface area contributed by atoms with Crippen LogP contribution in [0.1, 0.15) is 350 Å². The van der Waals surface area contributed by atoms with Gasteiger partial charge >= 0.3 is 39.5 Å². The minimum absolute atomic E-state index is 0.104. The molecule has 0 heterocycles. The number of aliphatic hydroxyl groups excluding tert-OH is 1. The Kier molecular flexibility index (Phi) is 59.6. The van der Waals surface area contributed by atoms with E-state index in [2.05, 4.69) is 48.5 Å². The van der Waals surface area contributed by atoms with Crippen molar-refractivity contribution in [2.45, 2.75) is 369 Å². The van der Waals surface area contributed by atoms with Crippen LogP contribution in [0.3, 0.4) is 0 Å². The third kappa shape index (κ3) is 62.0. The van der Waals surface area contributed by atoms with Crippen molar-refractivity contribution in [3.63, 3.8) is 0 Å². The van der Waals surface area contributed by atoms with Crippen LogP contribution in [0.4, 0.5) is 0 Å². The van der Waals surface area contributed by atoms with Crippen molar-refractivity contribution < 1.29 is 80.2 Å². The van der Waals surface area contributed by atoms with Crippen molar-refractivity contribution in [2.24, 2.45) is 17.8 Å². The summed E-state index contributed by atoms with van der Waals surface area (Å²) in [6, 6.07) is 0. The van der Waals surface area contributed by atoms with E-state index in [0.717, 1.165) is 114 Å². The maximum absolute atomic E-state index is 13.0. The zero-order chi connectivity index (χ0) is 65.9. The van der Waals surface area contributed by atoms with Crippen LogP contribution in [0.5, 0.6) is 0 Å². The Balaban J connectivity index is 5.17. The fourth-order valence-corrected chi connectivity index (χ4v) is 12.1. The number of aliphatic hydroxyl groups is 1. The van der Waals surface area contributed by atoms with Gasteiger partial charge in [0, 0.05) is 25.7 Å². The average Bonchev–Trinajstić information content (AvgIpc) is 3.72. The summed E-state index contributed by atoms with van der Waals surface area (Å²) in [5.74, 6) is 0.255. The zero-order valence-corrected chi connectivity index (χ0v) is 59.7. The Bertz CT molecular complexity index is 1750. The Morgan fingerprint density at radius 1 is 0.326 bits per heavy atom. The number of phosphoric ester groups is 2. The molecule has 528 valence electrons. The summed E-state index contributed by atoms with van der Waals surface area (Å²) >= 11 is 0. The Morgan fingerprint density at radius 2 is 0.573 bits per heavy atom. The molecule has 89 heavy (non-hydrogen) atoms. The SMILES string of the molecule is CCCCCCCC(=O)OC[C@H](COP(=O)(O)OC[C@H](O)COP(=O)(O)OC[C@@H](COC(=O)CCCCCCCCCCCCC(C)CC)OC(=O)CCCCCCCCCCCCCCCCC(C)CC)OC(=O)CCCCCCCCCCCC(C)C. The summed E-state index contributed by atoms with van der Waals surface area (Å²) in [5.41, 5.74) is 0. The second-order valence-electron chi connectivity index (χ2n) is 26.2.